The Balaban J connectivity index is 1.96. The lowest BCUT2D eigenvalue weighted by atomic mass is 10.2. The van der Waals surface area contributed by atoms with E-state index in [1.165, 1.54) is 17.3 Å². The van der Waals surface area contributed by atoms with Crippen molar-refractivity contribution in [1.29, 1.82) is 0 Å². The van der Waals surface area contributed by atoms with E-state index in [4.69, 9.17) is 0 Å². The minimum atomic E-state index is 0.0691. The second kappa shape index (κ2) is 6.12. The van der Waals surface area contributed by atoms with Gasteiger partial charge in [-0.05, 0) is 18.6 Å². The number of thioether (sulfide) groups is 2. The lowest BCUT2D eigenvalue weighted by molar-refractivity contribution is -0.118. The summed E-state index contributed by atoms with van der Waals surface area (Å²) in [6.07, 6.45) is 0. The molecule has 0 radical (unpaired) electrons. The molecule has 0 saturated carbocycles. The van der Waals surface area contributed by atoms with Gasteiger partial charge in [0.1, 0.15) is 4.38 Å². The number of fused-ring (bicyclic) bond motifs is 1. The highest BCUT2D eigenvalue weighted by molar-refractivity contribution is 8.38. The van der Waals surface area contributed by atoms with Crippen molar-refractivity contribution < 1.29 is 4.79 Å². The number of amides is 1. The topological polar surface area (TPSA) is 41.5 Å². The van der Waals surface area contributed by atoms with Gasteiger partial charge in [0.15, 0.2) is 0 Å². The SMILES string of the molecule is CCNC(=O)CSC1=Nc2ccccc2CS1. The average Bonchev–Trinajstić information content (AvgIpc) is 2.36. The molecule has 0 aliphatic carbocycles. The minimum absolute atomic E-state index is 0.0691. The van der Waals surface area contributed by atoms with E-state index in [1.807, 2.05) is 25.1 Å². The molecular weight excluding hydrogens is 252 g/mol. The van der Waals surface area contributed by atoms with E-state index in [9.17, 15) is 4.79 Å². The highest BCUT2D eigenvalue weighted by Gasteiger charge is 2.13. The number of rotatable bonds is 3. The molecule has 1 aliphatic heterocycles. The monoisotopic (exact) mass is 266 g/mol. The van der Waals surface area contributed by atoms with E-state index in [2.05, 4.69) is 16.4 Å². The van der Waals surface area contributed by atoms with Gasteiger partial charge in [0.05, 0.1) is 11.4 Å². The second-order valence-corrected chi connectivity index (χ2v) is 5.72. The number of nitrogens with one attached hydrogen (secondary N) is 1. The summed E-state index contributed by atoms with van der Waals surface area (Å²) in [5, 5.41) is 2.78. The predicted octanol–water partition coefficient (Wildman–Crippen LogP) is 2.79. The van der Waals surface area contributed by atoms with Crippen LogP contribution in [0.1, 0.15) is 12.5 Å². The molecule has 17 heavy (non-hydrogen) atoms. The molecule has 0 aromatic heterocycles. The predicted molar refractivity (Wildman–Crippen MR) is 76.0 cm³/mol. The van der Waals surface area contributed by atoms with E-state index < -0.39 is 0 Å². The minimum Gasteiger partial charge on any atom is -0.356 e. The van der Waals surface area contributed by atoms with Crippen molar-refractivity contribution in [2.45, 2.75) is 12.7 Å². The number of benzene rings is 1. The fraction of sp³-hybridized carbons (Fsp3) is 0.333. The van der Waals surface area contributed by atoms with Crippen LogP contribution in [0.4, 0.5) is 5.69 Å². The van der Waals surface area contributed by atoms with Crippen LogP contribution in [-0.4, -0.2) is 22.6 Å². The molecule has 5 heteroatoms. The van der Waals surface area contributed by atoms with Gasteiger partial charge in [0.25, 0.3) is 0 Å². The Kier molecular flexibility index (Phi) is 4.50. The van der Waals surface area contributed by atoms with Crippen LogP contribution in [-0.2, 0) is 10.5 Å². The Morgan fingerprint density at radius 3 is 3.18 bits per heavy atom. The molecule has 1 aromatic carbocycles. The third-order valence-corrected chi connectivity index (χ3v) is 4.50. The number of carbonyl (C=O) groups is 1. The smallest absolute Gasteiger partial charge is 0.230 e. The normalized spacial score (nSPS) is 13.8. The number of hydrogen-bond donors (Lipinski definition) is 1. The quantitative estimate of drug-likeness (QED) is 0.914. The molecule has 1 aromatic rings. The molecule has 2 rings (SSSR count). The van der Waals surface area contributed by atoms with Gasteiger partial charge >= 0.3 is 0 Å². The number of aliphatic imine (C=N–C) groups is 1. The van der Waals surface area contributed by atoms with Gasteiger partial charge in [0.2, 0.25) is 5.91 Å². The van der Waals surface area contributed by atoms with Crippen LogP contribution in [0.15, 0.2) is 29.3 Å². The van der Waals surface area contributed by atoms with E-state index in [0.29, 0.717) is 12.3 Å². The Labute approximate surface area is 109 Å². The van der Waals surface area contributed by atoms with E-state index in [1.54, 1.807) is 11.8 Å². The van der Waals surface area contributed by atoms with Crippen LogP contribution in [0.5, 0.6) is 0 Å². The van der Waals surface area contributed by atoms with Gasteiger partial charge in [0, 0.05) is 12.3 Å². The first-order valence-electron chi connectivity index (χ1n) is 5.48. The van der Waals surface area contributed by atoms with Crippen molar-refractivity contribution in [3.05, 3.63) is 29.8 Å². The highest BCUT2D eigenvalue weighted by atomic mass is 32.2. The molecule has 0 bridgehead atoms. The summed E-state index contributed by atoms with van der Waals surface area (Å²) in [6, 6.07) is 8.13. The Bertz CT molecular complexity index is 446. The molecule has 0 fully saturated rings. The summed E-state index contributed by atoms with van der Waals surface area (Å²) in [4.78, 5) is 15.9. The fourth-order valence-electron chi connectivity index (χ4n) is 1.46. The van der Waals surface area contributed by atoms with Gasteiger partial charge in [-0.15, -0.1) is 0 Å². The molecule has 1 aliphatic rings. The number of para-hydroxylation sites is 1. The third-order valence-electron chi connectivity index (χ3n) is 2.26. The third kappa shape index (κ3) is 3.51. The first-order chi connectivity index (χ1) is 8.29. The van der Waals surface area contributed by atoms with Crippen molar-refractivity contribution in [3.8, 4) is 0 Å². The molecule has 1 N–H and O–H groups in total. The molecule has 1 heterocycles. The van der Waals surface area contributed by atoms with Gasteiger partial charge < -0.3 is 5.32 Å². The number of carbonyl (C=O) groups excluding carboxylic acids is 1. The van der Waals surface area contributed by atoms with Crippen LogP contribution in [0, 0.1) is 0 Å². The van der Waals surface area contributed by atoms with Crippen LogP contribution in [0.25, 0.3) is 0 Å². The summed E-state index contributed by atoms with van der Waals surface area (Å²) in [5.41, 5.74) is 2.30. The van der Waals surface area contributed by atoms with Crippen LogP contribution >= 0.6 is 23.5 Å². The lowest BCUT2D eigenvalue weighted by Crippen LogP contribution is -2.24. The molecule has 0 unspecified atom stereocenters. The molecule has 3 nitrogen and oxygen atoms in total. The number of nitrogens with zero attached hydrogens (tertiary/aromatic N) is 1. The summed E-state index contributed by atoms with van der Waals surface area (Å²) in [7, 11) is 0. The Morgan fingerprint density at radius 2 is 2.35 bits per heavy atom. The molecule has 0 saturated heterocycles. The van der Waals surface area contributed by atoms with Gasteiger partial charge in [-0.2, -0.15) is 0 Å². The summed E-state index contributed by atoms with van der Waals surface area (Å²) in [6.45, 7) is 2.60. The van der Waals surface area contributed by atoms with Gasteiger partial charge in [-0.3, -0.25) is 4.79 Å². The van der Waals surface area contributed by atoms with Crippen molar-refractivity contribution in [3.63, 3.8) is 0 Å². The van der Waals surface area contributed by atoms with E-state index >= 15 is 0 Å². The van der Waals surface area contributed by atoms with Crippen LogP contribution in [0.3, 0.4) is 0 Å². The second-order valence-electron chi connectivity index (χ2n) is 3.54. The molecule has 0 spiro atoms. The zero-order valence-electron chi connectivity index (χ0n) is 9.60. The standard InChI is InChI=1S/C12H14N2OS2/c1-2-13-11(15)8-17-12-14-10-6-4-3-5-9(10)7-16-12/h3-6H,2,7-8H2,1H3,(H,13,15). The molecular formula is C12H14N2OS2. The summed E-state index contributed by atoms with van der Waals surface area (Å²) in [5.74, 6) is 1.46. The maximum Gasteiger partial charge on any atom is 0.230 e. The zero-order chi connectivity index (χ0) is 12.1. The van der Waals surface area contributed by atoms with Crippen molar-refractivity contribution in [2.24, 2.45) is 4.99 Å². The molecule has 0 atom stereocenters. The average molecular weight is 266 g/mol. The Hall–Kier alpha value is -0.940. The maximum absolute atomic E-state index is 11.3. The van der Waals surface area contributed by atoms with E-state index in [0.717, 1.165) is 15.8 Å². The summed E-state index contributed by atoms with van der Waals surface area (Å²) >= 11 is 3.21. The van der Waals surface area contributed by atoms with E-state index in [-0.39, 0.29) is 5.91 Å². The highest BCUT2D eigenvalue weighted by Crippen LogP contribution is 2.34. The fourth-order valence-corrected chi connectivity index (χ4v) is 3.35. The largest absolute Gasteiger partial charge is 0.356 e. The van der Waals surface area contributed by atoms with Crippen molar-refractivity contribution in [1.82, 2.24) is 5.32 Å². The van der Waals surface area contributed by atoms with Crippen LogP contribution in [0.2, 0.25) is 0 Å². The van der Waals surface area contributed by atoms with Gasteiger partial charge in [-0.25, -0.2) is 4.99 Å². The molecule has 90 valence electrons. The Morgan fingerprint density at radius 1 is 1.53 bits per heavy atom. The van der Waals surface area contributed by atoms with Crippen molar-refractivity contribution in [2.75, 3.05) is 12.3 Å². The number of hydrogen-bond acceptors (Lipinski definition) is 4. The van der Waals surface area contributed by atoms with Crippen molar-refractivity contribution >= 4 is 39.5 Å². The summed E-state index contributed by atoms with van der Waals surface area (Å²) < 4.78 is 0.981. The zero-order valence-corrected chi connectivity index (χ0v) is 11.2. The lowest BCUT2D eigenvalue weighted by Gasteiger charge is -2.13. The van der Waals surface area contributed by atoms with Gasteiger partial charge in [-0.1, -0.05) is 41.7 Å². The molecule has 1 amide bonds. The first kappa shape index (κ1) is 12.5. The first-order valence-corrected chi connectivity index (χ1v) is 7.45. The maximum atomic E-state index is 11.3. The van der Waals surface area contributed by atoms with Crippen LogP contribution < -0.4 is 5.32 Å².